The van der Waals surface area contributed by atoms with Crippen LogP contribution in [0.4, 0.5) is 87.8 Å². The van der Waals surface area contributed by atoms with Crippen molar-refractivity contribution in [3.63, 3.8) is 0 Å². The fraction of sp³-hybridized carbons (Fsp3) is 0.857. The second kappa shape index (κ2) is 10.4. The number of halogens is 22. The molecule has 0 aliphatic carbocycles. The van der Waals surface area contributed by atoms with Crippen molar-refractivity contribution in [2.75, 3.05) is 13.1 Å². The summed E-state index contributed by atoms with van der Waals surface area (Å²) in [7, 11) is 0. The fourth-order valence-electron chi connectivity index (χ4n) is 2.00. The smallest absolute Gasteiger partial charge is 0.349 e. The second-order valence-electron chi connectivity index (χ2n) is 7.10. The minimum absolute atomic E-state index is 0.312. The molecule has 0 spiro atoms. The molecule has 238 valence electrons. The van der Waals surface area contributed by atoms with Crippen LogP contribution in [0.1, 0.15) is 0 Å². The molecule has 0 radical (unpaired) electrons. The highest BCUT2D eigenvalue weighted by Crippen LogP contribution is 2.59. The van der Waals surface area contributed by atoms with Crippen molar-refractivity contribution in [3.05, 3.63) is 0 Å². The average molecular weight is 685 g/mol. The summed E-state index contributed by atoms with van der Waals surface area (Å²) in [5, 5.41) is -12.6. The molecule has 0 aromatic carbocycles. The van der Waals surface area contributed by atoms with Gasteiger partial charge in [0.05, 0.1) is 0 Å². The summed E-state index contributed by atoms with van der Waals surface area (Å²) in [5.74, 6) is -67.9. The molecule has 0 aromatic rings. The topological polar surface area (TPSA) is 58.2 Å². The number of alkyl halides is 22. The summed E-state index contributed by atoms with van der Waals surface area (Å²) in [4.78, 5) is 22.2. The van der Waals surface area contributed by atoms with Crippen molar-refractivity contribution in [3.8, 4) is 0 Å². The summed E-state index contributed by atoms with van der Waals surface area (Å²) < 4.78 is 262. The van der Waals surface area contributed by atoms with Crippen LogP contribution in [0.3, 0.4) is 0 Å². The maximum absolute atomic E-state index is 13.5. The molecule has 0 bridgehead atoms. The number of carbonyl (C=O) groups is 2. The normalized spacial score (nSPS) is 15.7. The lowest BCUT2D eigenvalue weighted by Gasteiger charge is -2.37. The van der Waals surface area contributed by atoms with Gasteiger partial charge in [0.1, 0.15) is 0 Å². The van der Waals surface area contributed by atoms with Gasteiger partial charge in [0, 0.05) is 13.1 Å². The molecule has 4 nitrogen and oxygen atoms in total. The van der Waals surface area contributed by atoms with Crippen LogP contribution in [-0.2, 0) is 9.59 Å². The highest BCUT2D eigenvalue weighted by Gasteiger charge is 2.89. The van der Waals surface area contributed by atoms with Crippen molar-refractivity contribution >= 4 is 35.0 Å². The first kappa shape index (κ1) is 38.1. The minimum atomic E-state index is -7.82. The predicted molar refractivity (Wildman–Crippen MR) is 87.2 cm³/mol. The summed E-state index contributed by atoms with van der Waals surface area (Å²) in [6, 6.07) is 0. The molecule has 2 N–H and O–H groups in total. The molecule has 0 saturated heterocycles. The molecule has 0 rings (SSSR count). The van der Waals surface area contributed by atoms with Gasteiger partial charge in [-0.3, -0.25) is 9.59 Å². The lowest BCUT2D eigenvalue weighted by atomic mass is 9.98. The molecule has 0 aliphatic heterocycles. The van der Waals surface area contributed by atoms with E-state index in [2.05, 4.69) is 23.2 Å². The molecule has 0 saturated carbocycles. The molecule has 0 atom stereocenters. The van der Waals surface area contributed by atoms with Crippen molar-refractivity contribution in [1.82, 2.24) is 10.6 Å². The molecular formula is C14H6Cl2F20N2O2. The number of carbonyl (C=O) groups excluding carboxylic acids is 2. The lowest BCUT2D eigenvalue weighted by molar-refractivity contribution is -0.382. The van der Waals surface area contributed by atoms with Gasteiger partial charge in [0.25, 0.3) is 11.8 Å². The zero-order chi connectivity index (χ0) is 33.0. The largest absolute Gasteiger partial charge is 0.393 e. The molecular weight excluding hydrogens is 679 g/mol. The quantitative estimate of drug-likeness (QED) is 0.143. The molecule has 0 aromatic heterocycles. The van der Waals surface area contributed by atoms with Gasteiger partial charge >= 0.3 is 58.1 Å². The first-order valence-electron chi connectivity index (χ1n) is 8.77. The summed E-state index contributed by atoms with van der Waals surface area (Å²) in [6.07, 6.45) is 0. The SMILES string of the molecule is O=C(NCCNC(=O)C(F)(F)C(F)(F)C(F)(F)C(F)(F)C(F)(F)Cl)C(F)(F)C(F)(F)C(F)(F)C(F)(F)C(F)(F)Cl. The number of nitrogens with one attached hydrogen (secondary N) is 2. The highest BCUT2D eigenvalue weighted by molar-refractivity contribution is 6.22. The summed E-state index contributed by atoms with van der Waals surface area (Å²) >= 11 is 6.98. The standard InChI is InChI=1S/C14H6Cl2F20N2O2/c15-13(33,34)11(29,30)9(25,26)7(21,22)5(17,18)3(39)37-1-2-38-4(40)6(19,20)8(23,24)10(27,28)12(31,32)14(16,35)36/h1-2H2,(H,37,39)(H,38,40). The summed E-state index contributed by atoms with van der Waals surface area (Å²) in [5.41, 5.74) is 0. The van der Waals surface area contributed by atoms with E-state index in [9.17, 15) is 97.4 Å². The van der Waals surface area contributed by atoms with Gasteiger partial charge in [0.2, 0.25) is 0 Å². The highest BCUT2D eigenvalue weighted by atomic mass is 35.5. The minimum Gasteiger partial charge on any atom is -0.349 e. The first-order valence-corrected chi connectivity index (χ1v) is 9.53. The molecule has 2 amide bonds. The van der Waals surface area contributed by atoms with E-state index in [1.165, 1.54) is 0 Å². The number of amides is 2. The van der Waals surface area contributed by atoms with Crippen LogP contribution >= 0.6 is 23.2 Å². The number of hydrogen-bond donors (Lipinski definition) is 2. The van der Waals surface area contributed by atoms with E-state index in [0.717, 1.165) is 0 Å². The predicted octanol–water partition coefficient (Wildman–Crippen LogP) is 5.96. The molecule has 40 heavy (non-hydrogen) atoms. The van der Waals surface area contributed by atoms with Gasteiger partial charge in [0.15, 0.2) is 0 Å². The van der Waals surface area contributed by atoms with E-state index < -0.39 is 83.0 Å². The van der Waals surface area contributed by atoms with Crippen molar-refractivity contribution in [1.29, 1.82) is 0 Å². The van der Waals surface area contributed by atoms with E-state index in [-0.39, 0.29) is 0 Å². The zero-order valence-corrected chi connectivity index (χ0v) is 19.1. The average Bonchev–Trinajstić information content (AvgIpc) is 2.73. The van der Waals surface area contributed by atoms with Crippen LogP contribution in [0.2, 0.25) is 0 Å². The molecule has 0 aliphatic rings. The van der Waals surface area contributed by atoms with E-state index in [0.29, 0.717) is 10.6 Å². The van der Waals surface area contributed by atoms with Crippen LogP contribution < -0.4 is 10.6 Å². The van der Waals surface area contributed by atoms with Gasteiger partial charge in [-0.1, -0.05) is 0 Å². The van der Waals surface area contributed by atoms with E-state index in [1.807, 2.05) is 0 Å². The van der Waals surface area contributed by atoms with Gasteiger partial charge in [-0.25, -0.2) is 0 Å². The maximum atomic E-state index is 13.5. The molecule has 0 heterocycles. The van der Waals surface area contributed by atoms with Crippen LogP contribution in [0.5, 0.6) is 0 Å². The Labute approximate surface area is 215 Å². The van der Waals surface area contributed by atoms with Gasteiger partial charge < -0.3 is 10.6 Å². The Morgan fingerprint density at radius 3 is 0.775 bits per heavy atom. The van der Waals surface area contributed by atoms with E-state index in [4.69, 9.17) is 0 Å². The Hall–Kier alpha value is -1.88. The van der Waals surface area contributed by atoms with Gasteiger partial charge in [-0.2, -0.15) is 87.8 Å². The second-order valence-corrected chi connectivity index (χ2v) is 8.05. The van der Waals surface area contributed by atoms with Crippen LogP contribution in [-0.4, -0.2) is 83.0 Å². The number of rotatable bonds is 13. The molecule has 0 fully saturated rings. The third-order valence-electron chi connectivity index (χ3n) is 4.34. The Bertz CT molecular complexity index is 882. The third-order valence-corrected chi connectivity index (χ3v) is 4.82. The van der Waals surface area contributed by atoms with Gasteiger partial charge in [-0.05, 0) is 23.2 Å². The zero-order valence-electron chi connectivity index (χ0n) is 17.5. The van der Waals surface area contributed by atoms with Crippen LogP contribution in [0.15, 0.2) is 0 Å². The van der Waals surface area contributed by atoms with E-state index >= 15 is 0 Å². The van der Waals surface area contributed by atoms with Crippen molar-refractivity contribution < 1.29 is 97.4 Å². The third kappa shape index (κ3) is 5.61. The van der Waals surface area contributed by atoms with E-state index in [1.54, 1.807) is 0 Å². The van der Waals surface area contributed by atoms with Crippen molar-refractivity contribution in [2.45, 2.75) is 58.1 Å². The Morgan fingerprint density at radius 2 is 0.600 bits per heavy atom. The van der Waals surface area contributed by atoms with Gasteiger partial charge in [-0.15, -0.1) is 0 Å². The Balaban J connectivity index is 5.70. The van der Waals surface area contributed by atoms with Crippen molar-refractivity contribution in [2.24, 2.45) is 0 Å². The fourth-order valence-corrected chi connectivity index (χ4v) is 2.24. The Morgan fingerprint density at radius 1 is 0.400 bits per heavy atom. The monoisotopic (exact) mass is 684 g/mol. The first-order chi connectivity index (χ1) is 17.0. The lowest BCUT2D eigenvalue weighted by Crippen LogP contribution is -2.69. The number of hydrogen-bond acceptors (Lipinski definition) is 2. The van der Waals surface area contributed by atoms with Crippen LogP contribution in [0.25, 0.3) is 0 Å². The maximum Gasteiger partial charge on any atom is 0.393 e. The molecule has 0 unspecified atom stereocenters. The summed E-state index contributed by atoms with van der Waals surface area (Å²) in [6.45, 7) is -4.14. The van der Waals surface area contributed by atoms with Crippen LogP contribution in [0, 0.1) is 0 Å². The Kier molecular flexibility index (Phi) is 9.95. The molecule has 26 heteroatoms.